The Morgan fingerprint density at radius 1 is 1.11 bits per heavy atom. The summed E-state index contributed by atoms with van der Waals surface area (Å²) < 4.78 is 0. The van der Waals surface area contributed by atoms with E-state index in [1.165, 1.54) is 0 Å². The van der Waals surface area contributed by atoms with E-state index in [2.05, 4.69) is 16.0 Å². The fraction of sp³-hybridized carbons (Fsp3) is 0.474. The van der Waals surface area contributed by atoms with Gasteiger partial charge in [-0.05, 0) is 45.2 Å². The molecule has 8 heteroatoms. The maximum atomic E-state index is 12.3. The van der Waals surface area contributed by atoms with E-state index in [0.717, 1.165) is 21.6 Å². The number of anilines is 1. The second kappa shape index (κ2) is 7.77. The van der Waals surface area contributed by atoms with E-state index in [0.29, 0.717) is 12.1 Å². The van der Waals surface area contributed by atoms with Gasteiger partial charge < -0.3 is 16.0 Å². The van der Waals surface area contributed by atoms with Crippen molar-refractivity contribution in [2.75, 3.05) is 18.4 Å². The standard InChI is InChI=1S/C19H26N4O4/c1-6-19(5)17(26)23(18(27)22-19)10-15(25)20-9-14(24)21-16-12(3)7-11(2)8-13(16)4/h7-8H,6,9-10H2,1-5H3,(H,20,25)(H,21,24)(H,22,27)/t19-/m0/s1. The van der Waals surface area contributed by atoms with Crippen LogP contribution in [-0.2, 0) is 14.4 Å². The number of amides is 5. The predicted molar refractivity (Wildman–Crippen MR) is 101 cm³/mol. The van der Waals surface area contributed by atoms with Gasteiger partial charge in [-0.25, -0.2) is 4.79 Å². The third-order valence-corrected chi connectivity index (χ3v) is 4.74. The minimum Gasteiger partial charge on any atom is -0.345 e. The van der Waals surface area contributed by atoms with Crippen molar-refractivity contribution in [1.82, 2.24) is 15.5 Å². The van der Waals surface area contributed by atoms with Crippen molar-refractivity contribution in [3.63, 3.8) is 0 Å². The summed E-state index contributed by atoms with van der Waals surface area (Å²) in [6.07, 6.45) is 0.424. The number of nitrogens with one attached hydrogen (secondary N) is 3. The molecule has 1 atom stereocenters. The van der Waals surface area contributed by atoms with Crippen molar-refractivity contribution in [1.29, 1.82) is 0 Å². The van der Waals surface area contributed by atoms with Crippen LogP contribution in [0.1, 0.15) is 37.0 Å². The highest BCUT2D eigenvalue weighted by Crippen LogP contribution is 2.22. The van der Waals surface area contributed by atoms with Gasteiger partial charge in [-0.2, -0.15) is 0 Å². The topological polar surface area (TPSA) is 108 Å². The third kappa shape index (κ3) is 4.45. The maximum absolute atomic E-state index is 12.3. The van der Waals surface area contributed by atoms with E-state index in [4.69, 9.17) is 0 Å². The van der Waals surface area contributed by atoms with E-state index < -0.39 is 29.9 Å². The van der Waals surface area contributed by atoms with Crippen molar-refractivity contribution in [3.05, 3.63) is 28.8 Å². The quantitative estimate of drug-likeness (QED) is 0.654. The zero-order chi connectivity index (χ0) is 20.4. The molecule has 0 radical (unpaired) electrons. The van der Waals surface area contributed by atoms with Crippen LogP contribution in [0.15, 0.2) is 12.1 Å². The molecule has 1 aliphatic heterocycles. The number of aryl methyl sites for hydroxylation is 3. The highest BCUT2D eigenvalue weighted by molar-refractivity contribution is 6.09. The van der Waals surface area contributed by atoms with Crippen LogP contribution in [0.3, 0.4) is 0 Å². The molecule has 1 fully saturated rings. The van der Waals surface area contributed by atoms with E-state index in [-0.39, 0.29) is 12.5 Å². The molecule has 27 heavy (non-hydrogen) atoms. The van der Waals surface area contributed by atoms with Gasteiger partial charge in [-0.15, -0.1) is 0 Å². The van der Waals surface area contributed by atoms with Crippen molar-refractivity contribution in [2.45, 2.75) is 46.6 Å². The van der Waals surface area contributed by atoms with Gasteiger partial charge in [0.2, 0.25) is 11.8 Å². The van der Waals surface area contributed by atoms with Gasteiger partial charge in [0.05, 0.1) is 6.54 Å². The second-order valence-corrected chi connectivity index (χ2v) is 7.11. The Balaban J connectivity index is 1.90. The molecular formula is C19H26N4O4. The molecule has 1 aromatic carbocycles. The van der Waals surface area contributed by atoms with Crippen molar-refractivity contribution in [3.8, 4) is 0 Å². The normalized spacial score (nSPS) is 19.1. The number of urea groups is 1. The number of rotatable bonds is 6. The first-order valence-electron chi connectivity index (χ1n) is 8.86. The largest absolute Gasteiger partial charge is 0.345 e. The molecule has 8 nitrogen and oxygen atoms in total. The second-order valence-electron chi connectivity index (χ2n) is 7.11. The fourth-order valence-electron chi connectivity index (χ4n) is 3.07. The Morgan fingerprint density at radius 3 is 2.22 bits per heavy atom. The zero-order valence-electron chi connectivity index (χ0n) is 16.4. The van der Waals surface area contributed by atoms with Gasteiger partial charge in [0.15, 0.2) is 0 Å². The summed E-state index contributed by atoms with van der Waals surface area (Å²) in [4.78, 5) is 49.2. The molecule has 1 aromatic rings. The molecule has 0 unspecified atom stereocenters. The molecule has 0 aromatic heterocycles. The molecule has 0 spiro atoms. The highest BCUT2D eigenvalue weighted by atomic mass is 16.2. The first-order valence-corrected chi connectivity index (χ1v) is 8.86. The van der Waals surface area contributed by atoms with Gasteiger partial charge in [0.25, 0.3) is 5.91 Å². The van der Waals surface area contributed by atoms with Crippen molar-refractivity contribution in [2.24, 2.45) is 0 Å². The number of benzene rings is 1. The van der Waals surface area contributed by atoms with Crippen molar-refractivity contribution < 1.29 is 19.2 Å². The average molecular weight is 374 g/mol. The summed E-state index contributed by atoms with van der Waals surface area (Å²) in [6.45, 7) is 8.50. The summed E-state index contributed by atoms with van der Waals surface area (Å²) in [5.74, 6) is -1.40. The molecular weight excluding hydrogens is 348 g/mol. The van der Waals surface area contributed by atoms with Crippen LogP contribution in [0.5, 0.6) is 0 Å². The van der Waals surface area contributed by atoms with E-state index >= 15 is 0 Å². The molecule has 3 N–H and O–H groups in total. The Kier molecular flexibility index (Phi) is 5.88. The number of imide groups is 1. The van der Waals surface area contributed by atoms with Gasteiger partial charge in [-0.1, -0.05) is 24.6 Å². The van der Waals surface area contributed by atoms with Crippen LogP contribution in [0.4, 0.5) is 10.5 Å². The van der Waals surface area contributed by atoms with E-state index in [1.54, 1.807) is 13.8 Å². The Bertz CT molecular complexity index is 782. The summed E-state index contributed by atoms with van der Waals surface area (Å²) in [7, 11) is 0. The number of hydrogen-bond acceptors (Lipinski definition) is 4. The SMILES string of the molecule is CC[C@]1(C)NC(=O)N(CC(=O)NCC(=O)Nc2c(C)cc(C)cc2C)C1=O. The van der Waals surface area contributed by atoms with Gasteiger partial charge in [-0.3, -0.25) is 19.3 Å². The molecule has 5 amide bonds. The molecule has 1 saturated heterocycles. The summed E-state index contributed by atoms with van der Waals surface area (Å²) in [5, 5.41) is 7.80. The summed E-state index contributed by atoms with van der Waals surface area (Å²) >= 11 is 0. The van der Waals surface area contributed by atoms with Gasteiger partial charge in [0, 0.05) is 5.69 Å². The number of carbonyl (C=O) groups excluding carboxylic acids is 4. The molecule has 0 bridgehead atoms. The lowest BCUT2D eigenvalue weighted by atomic mass is 9.99. The van der Waals surface area contributed by atoms with Gasteiger partial charge >= 0.3 is 6.03 Å². The number of nitrogens with zero attached hydrogens (tertiary/aromatic N) is 1. The van der Waals surface area contributed by atoms with Crippen LogP contribution in [0.2, 0.25) is 0 Å². The Morgan fingerprint density at radius 2 is 1.70 bits per heavy atom. The third-order valence-electron chi connectivity index (χ3n) is 4.74. The summed E-state index contributed by atoms with van der Waals surface area (Å²) in [5.41, 5.74) is 2.70. The molecule has 1 aliphatic rings. The smallest absolute Gasteiger partial charge is 0.325 e. The first-order chi connectivity index (χ1) is 12.6. The van der Waals surface area contributed by atoms with Crippen LogP contribution in [-0.4, -0.2) is 47.3 Å². The number of carbonyl (C=O) groups is 4. The molecule has 2 rings (SSSR count). The lowest BCUT2D eigenvalue weighted by Crippen LogP contribution is -2.45. The predicted octanol–water partition coefficient (Wildman–Crippen LogP) is 1.39. The monoisotopic (exact) mass is 374 g/mol. The minimum absolute atomic E-state index is 0.250. The van der Waals surface area contributed by atoms with E-state index in [9.17, 15) is 19.2 Å². The van der Waals surface area contributed by atoms with Crippen LogP contribution >= 0.6 is 0 Å². The molecule has 1 heterocycles. The van der Waals surface area contributed by atoms with Crippen molar-refractivity contribution >= 4 is 29.4 Å². The van der Waals surface area contributed by atoms with Crippen LogP contribution < -0.4 is 16.0 Å². The van der Waals surface area contributed by atoms with E-state index in [1.807, 2.05) is 32.9 Å². The van der Waals surface area contributed by atoms with Crippen LogP contribution in [0, 0.1) is 20.8 Å². The van der Waals surface area contributed by atoms with Crippen LogP contribution in [0.25, 0.3) is 0 Å². The van der Waals surface area contributed by atoms with Gasteiger partial charge in [0.1, 0.15) is 12.1 Å². The average Bonchev–Trinajstić information content (AvgIpc) is 2.80. The molecule has 0 saturated carbocycles. The Hall–Kier alpha value is -2.90. The maximum Gasteiger partial charge on any atom is 0.325 e. The first kappa shape index (κ1) is 20.4. The fourth-order valence-corrected chi connectivity index (χ4v) is 3.07. The minimum atomic E-state index is -0.991. The number of hydrogen-bond donors (Lipinski definition) is 3. The zero-order valence-corrected chi connectivity index (χ0v) is 16.4. The summed E-state index contributed by atoms with van der Waals surface area (Å²) in [6, 6.07) is 3.32. The molecule has 0 aliphatic carbocycles. The lowest BCUT2D eigenvalue weighted by molar-refractivity contribution is -0.134. The highest BCUT2D eigenvalue weighted by Gasteiger charge is 2.46. The lowest BCUT2D eigenvalue weighted by Gasteiger charge is -2.19. The molecule has 146 valence electrons. The Labute approximate surface area is 158 Å².